The van der Waals surface area contributed by atoms with Gasteiger partial charge in [-0.25, -0.2) is 0 Å². The maximum absolute atomic E-state index is 12.6. The zero-order valence-corrected chi connectivity index (χ0v) is 10.0. The first-order chi connectivity index (χ1) is 7.69. The van der Waals surface area contributed by atoms with E-state index < -0.39 is 0 Å². The van der Waals surface area contributed by atoms with Crippen LogP contribution in [0.15, 0.2) is 24.3 Å². The van der Waals surface area contributed by atoms with E-state index in [0.717, 1.165) is 36.8 Å². The summed E-state index contributed by atoms with van der Waals surface area (Å²) in [6, 6.07) is 7.87. The van der Waals surface area contributed by atoms with Gasteiger partial charge in [-0.3, -0.25) is 4.79 Å². The van der Waals surface area contributed by atoms with Gasteiger partial charge in [0, 0.05) is 5.56 Å². The topological polar surface area (TPSA) is 29.1 Å². The van der Waals surface area contributed by atoms with Crippen LogP contribution in [0, 0.1) is 6.92 Å². The summed E-state index contributed by atoms with van der Waals surface area (Å²) in [5.74, 6) is 0.269. The van der Waals surface area contributed by atoms with Crippen molar-refractivity contribution in [3.8, 4) is 0 Å². The average Bonchev–Trinajstić information content (AvgIpc) is 2.78. The summed E-state index contributed by atoms with van der Waals surface area (Å²) in [7, 11) is 1.90. The van der Waals surface area contributed by atoms with Crippen LogP contribution >= 0.6 is 0 Å². The number of ketones is 1. The number of carbonyl (C=O) groups excluding carboxylic acids is 1. The summed E-state index contributed by atoms with van der Waals surface area (Å²) in [4.78, 5) is 12.6. The van der Waals surface area contributed by atoms with E-state index in [1.54, 1.807) is 0 Å². The second-order valence-corrected chi connectivity index (χ2v) is 4.68. The minimum atomic E-state index is -0.299. The Bertz CT molecular complexity index is 391. The molecule has 0 spiro atoms. The Kier molecular flexibility index (Phi) is 3.10. The van der Waals surface area contributed by atoms with Crippen molar-refractivity contribution in [1.82, 2.24) is 5.32 Å². The van der Waals surface area contributed by atoms with Gasteiger partial charge in [-0.05, 0) is 32.4 Å². The fraction of sp³-hybridized carbons (Fsp3) is 0.500. The Hall–Kier alpha value is -1.15. The van der Waals surface area contributed by atoms with E-state index in [4.69, 9.17) is 0 Å². The predicted molar refractivity (Wildman–Crippen MR) is 65.8 cm³/mol. The molecule has 0 atom stereocenters. The van der Waals surface area contributed by atoms with Crippen LogP contribution in [0.25, 0.3) is 0 Å². The molecule has 16 heavy (non-hydrogen) atoms. The third kappa shape index (κ3) is 1.78. The highest BCUT2D eigenvalue weighted by molar-refractivity contribution is 6.04. The second-order valence-electron chi connectivity index (χ2n) is 4.68. The van der Waals surface area contributed by atoms with Gasteiger partial charge >= 0.3 is 0 Å². The summed E-state index contributed by atoms with van der Waals surface area (Å²) < 4.78 is 0. The zero-order chi connectivity index (χ0) is 11.6. The van der Waals surface area contributed by atoms with Crippen LogP contribution < -0.4 is 5.32 Å². The molecule has 2 nitrogen and oxygen atoms in total. The molecule has 1 saturated carbocycles. The lowest BCUT2D eigenvalue weighted by Crippen LogP contribution is -2.48. The molecular formula is C14H19NO. The molecule has 0 amide bonds. The number of aryl methyl sites for hydroxylation is 1. The molecule has 1 aliphatic rings. The molecule has 0 heterocycles. The molecule has 2 rings (SSSR count). The number of hydrogen-bond donors (Lipinski definition) is 1. The molecule has 0 aromatic heterocycles. The van der Waals surface area contributed by atoms with Crippen molar-refractivity contribution in [3.05, 3.63) is 35.4 Å². The number of likely N-dealkylation sites (N-methyl/N-ethyl adjacent to an activating group) is 1. The fourth-order valence-corrected chi connectivity index (χ4v) is 2.65. The Balaban J connectivity index is 2.34. The standard InChI is InChI=1S/C14H19NO/c1-11-7-3-4-8-12(11)13(16)14(15-2)9-5-6-10-14/h3-4,7-8,15H,5-6,9-10H2,1-2H3. The van der Waals surface area contributed by atoms with Crippen molar-refractivity contribution in [2.45, 2.75) is 38.1 Å². The highest BCUT2D eigenvalue weighted by atomic mass is 16.1. The molecule has 0 saturated heterocycles. The Labute approximate surface area is 97.1 Å². The summed E-state index contributed by atoms with van der Waals surface area (Å²) in [5.41, 5.74) is 1.65. The van der Waals surface area contributed by atoms with Crippen molar-refractivity contribution in [2.24, 2.45) is 0 Å². The van der Waals surface area contributed by atoms with Gasteiger partial charge in [0.15, 0.2) is 5.78 Å². The van der Waals surface area contributed by atoms with E-state index in [1.165, 1.54) is 0 Å². The molecule has 0 aliphatic heterocycles. The van der Waals surface area contributed by atoms with E-state index in [1.807, 2.05) is 38.2 Å². The number of carbonyl (C=O) groups is 1. The van der Waals surface area contributed by atoms with E-state index in [-0.39, 0.29) is 11.3 Å². The minimum absolute atomic E-state index is 0.269. The van der Waals surface area contributed by atoms with Gasteiger partial charge in [0.25, 0.3) is 0 Å². The van der Waals surface area contributed by atoms with E-state index >= 15 is 0 Å². The third-order valence-electron chi connectivity index (χ3n) is 3.76. The maximum Gasteiger partial charge on any atom is 0.183 e. The molecule has 0 unspecified atom stereocenters. The summed E-state index contributed by atoms with van der Waals surface area (Å²) in [6.45, 7) is 2.01. The molecule has 0 bridgehead atoms. The van der Waals surface area contributed by atoms with Gasteiger partial charge in [0.2, 0.25) is 0 Å². The molecule has 1 fully saturated rings. The molecule has 1 aliphatic carbocycles. The van der Waals surface area contributed by atoms with Crippen molar-refractivity contribution in [1.29, 1.82) is 0 Å². The second kappa shape index (κ2) is 4.38. The van der Waals surface area contributed by atoms with Crippen LogP contribution in [0.1, 0.15) is 41.6 Å². The largest absolute Gasteiger partial charge is 0.308 e. The molecule has 1 aromatic carbocycles. The number of benzene rings is 1. The van der Waals surface area contributed by atoms with Crippen LogP contribution in [0.5, 0.6) is 0 Å². The average molecular weight is 217 g/mol. The monoisotopic (exact) mass is 217 g/mol. The summed E-state index contributed by atoms with van der Waals surface area (Å²) in [6.07, 6.45) is 4.24. The van der Waals surface area contributed by atoms with Crippen molar-refractivity contribution in [3.63, 3.8) is 0 Å². The smallest absolute Gasteiger partial charge is 0.183 e. The van der Waals surface area contributed by atoms with Crippen LogP contribution in [-0.2, 0) is 0 Å². The Morgan fingerprint density at radius 3 is 2.44 bits per heavy atom. The Morgan fingerprint density at radius 2 is 1.88 bits per heavy atom. The highest BCUT2D eigenvalue weighted by Gasteiger charge is 2.40. The number of Topliss-reactive ketones (excluding diaryl/α,β-unsaturated/α-hetero) is 1. The number of nitrogens with one attached hydrogen (secondary N) is 1. The van der Waals surface area contributed by atoms with Crippen LogP contribution in [0.2, 0.25) is 0 Å². The lowest BCUT2D eigenvalue weighted by atomic mass is 9.86. The molecule has 86 valence electrons. The third-order valence-corrected chi connectivity index (χ3v) is 3.76. The van der Waals surface area contributed by atoms with Crippen LogP contribution in [-0.4, -0.2) is 18.4 Å². The van der Waals surface area contributed by atoms with E-state index in [0.29, 0.717) is 0 Å². The van der Waals surface area contributed by atoms with E-state index in [9.17, 15) is 4.79 Å². The lowest BCUT2D eigenvalue weighted by molar-refractivity contribution is 0.0862. The lowest BCUT2D eigenvalue weighted by Gasteiger charge is -2.27. The molecule has 2 heteroatoms. The molecule has 0 radical (unpaired) electrons. The fourth-order valence-electron chi connectivity index (χ4n) is 2.65. The minimum Gasteiger partial charge on any atom is -0.308 e. The summed E-state index contributed by atoms with van der Waals surface area (Å²) >= 11 is 0. The zero-order valence-electron chi connectivity index (χ0n) is 10.0. The van der Waals surface area contributed by atoms with Gasteiger partial charge < -0.3 is 5.32 Å². The Morgan fingerprint density at radius 1 is 1.25 bits per heavy atom. The van der Waals surface area contributed by atoms with Gasteiger partial charge in [-0.15, -0.1) is 0 Å². The van der Waals surface area contributed by atoms with Gasteiger partial charge in [-0.2, -0.15) is 0 Å². The summed E-state index contributed by atoms with van der Waals surface area (Å²) in [5, 5.41) is 3.25. The van der Waals surface area contributed by atoms with Gasteiger partial charge in [-0.1, -0.05) is 37.1 Å². The van der Waals surface area contributed by atoms with Crippen molar-refractivity contribution >= 4 is 5.78 Å². The number of rotatable bonds is 3. The van der Waals surface area contributed by atoms with E-state index in [2.05, 4.69) is 5.32 Å². The normalized spacial score (nSPS) is 18.6. The molecule has 1 aromatic rings. The van der Waals surface area contributed by atoms with Gasteiger partial charge in [0.1, 0.15) is 0 Å². The quantitative estimate of drug-likeness (QED) is 0.789. The van der Waals surface area contributed by atoms with Crippen molar-refractivity contribution in [2.75, 3.05) is 7.05 Å². The van der Waals surface area contributed by atoms with Crippen molar-refractivity contribution < 1.29 is 4.79 Å². The highest BCUT2D eigenvalue weighted by Crippen LogP contribution is 2.33. The first-order valence-electron chi connectivity index (χ1n) is 5.99. The SMILES string of the molecule is CNC1(C(=O)c2ccccc2C)CCCC1. The van der Waals surface area contributed by atoms with Gasteiger partial charge in [0.05, 0.1) is 5.54 Å². The molecular weight excluding hydrogens is 198 g/mol. The first kappa shape index (κ1) is 11.3. The first-order valence-corrected chi connectivity index (χ1v) is 5.99. The molecule has 1 N–H and O–H groups in total. The predicted octanol–water partition coefficient (Wildman–Crippen LogP) is 2.71. The number of hydrogen-bond acceptors (Lipinski definition) is 2. The maximum atomic E-state index is 12.6. The van der Waals surface area contributed by atoms with Crippen LogP contribution in [0.4, 0.5) is 0 Å². The van der Waals surface area contributed by atoms with Crippen LogP contribution in [0.3, 0.4) is 0 Å².